The van der Waals surface area contributed by atoms with Crippen LogP contribution in [0.25, 0.3) is 6.08 Å². The number of hydrogen-bond donors (Lipinski definition) is 2. The summed E-state index contributed by atoms with van der Waals surface area (Å²) >= 11 is 0. The zero-order valence-corrected chi connectivity index (χ0v) is 8.03. The second-order valence-corrected chi connectivity index (χ2v) is 3.00. The smallest absolute Gasteiger partial charge is 0.331 e. The molecular formula is C11H13NO2. The Morgan fingerprint density at radius 3 is 2.79 bits per heavy atom. The van der Waals surface area contributed by atoms with E-state index < -0.39 is 5.97 Å². The third-order valence-corrected chi connectivity index (χ3v) is 1.91. The number of carboxylic acids is 1. The van der Waals surface area contributed by atoms with E-state index in [9.17, 15) is 4.79 Å². The van der Waals surface area contributed by atoms with E-state index in [0.29, 0.717) is 17.7 Å². The van der Waals surface area contributed by atoms with E-state index in [-0.39, 0.29) is 0 Å². The molecule has 1 aromatic rings. The molecule has 0 fully saturated rings. The fraction of sp³-hybridized carbons (Fsp3) is 0.182. The first-order valence-electron chi connectivity index (χ1n) is 4.43. The summed E-state index contributed by atoms with van der Waals surface area (Å²) < 4.78 is 0. The van der Waals surface area contributed by atoms with Gasteiger partial charge in [-0.25, -0.2) is 4.79 Å². The van der Waals surface area contributed by atoms with E-state index in [1.807, 2.05) is 13.0 Å². The van der Waals surface area contributed by atoms with Crippen molar-refractivity contribution in [3.8, 4) is 0 Å². The van der Waals surface area contributed by atoms with E-state index in [0.717, 1.165) is 5.56 Å². The summed E-state index contributed by atoms with van der Waals surface area (Å²) in [5.41, 5.74) is 7.42. The van der Waals surface area contributed by atoms with Crippen molar-refractivity contribution in [1.82, 2.24) is 0 Å². The van der Waals surface area contributed by atoms with Crippen molar-refractivity contribution >= 4 is 17.7 Å². The average molecular weight is 191 g/mol. The molecule has 3 N–H and O–H groups in total. The maximum atomic E-state index is 10.7. The van der Waals surface area contributed by atoms with Gasteiger partial charge in [0.05, 0.1) is 0 Å². The molecule has 0 atom stereocenters. The first-order chi connectivity index (χ1) is 6.63. The number of anilines is 1. The second kappa shape index (κ2) is 4.46. The van der Waals surface area contributed by atoms with Crippen LogP contribution >= 0.6 is 0 Å². The van der Waals surface area contributed by atoms with Crippen molar-refractivity contribution in [3.05, 3.63) is 35.4 Å². The van der Waals surface area contributed by atoms with Crippen LogP contribution in [0, 0.1) is 0 Å². The molecular weight excluding hydrogens is 178 g/mol. The van der Waals surface area contributed by atoms with Gasteiger partial charge >= 0.3 is 5.97 Å². The molecule has 0 spiro atoms. The third-order valence-electron chi connectivity index (χ3n) is 1.91. The fourth-order valence-corrected chi connectivity index (χ4v) is 1.16. The van der Waals surface area contributed by atoms with Gasteiger partial charge in [-0.15, -0.1) is 0 Å². The Morgan fingerprint density at radius 2 is 2.29 bits per heavy atom. The maximum absolute atomic E-state index is 10.7. The zero-order valence-electron chi connectivity index (χ0n) is 8.03. The SMILES string of the molecule is CC/C(=C/c1cccc(N)c1)C(=O)O. The highest BCUT2D eigenvalue weighted by Crippen LogP contribution is 2.12. The van der Waals surface area contributed by atoms with Gasteiger partial charge in [-0.1, -0.05) is 19.1 Å². The molecule has 1 aromatic carbocycles. The Labute approximate surface area is 82.9 Å². The molecule has 0 aliphatic carbocycles. The van der Waals surface area contributed by atoms with E-state index in [1.165, 1.54) is 0 Å². The molecule has 14 heavy (non-hydrogen) atoms. The summed E-state index contributed by atoms with van der Waals surface area (Å²) in [7, 11) is 0. The summed E-state index contributed by atoms with van der Waals surface area (Å²) in [5, 5.41) is 8.80. The van der Waals surface area contributed by atoms with Crippen LogP contribution in [-0.4, -0.2) is 11.1 Å². The lowest BCUT2D eigenvalue weighted by Crippen LogP contribution is -1.98. The molecule has 0 heterocycles. The van der Waals surface area contributed by atoms with Gasteiger partial charge in [-0.2, -0.15) is 0 Å². The number of aliphatic carboxylic acids is 1. The lowest BCUT2D eigenvalue weighted by Gasteiger charge is -1.99. The van der Waals surface area contributed by atoms with Crippen LogP contribution in [-0.2, 0) is 4.79 Å². The van der Waals surface area contributed by atoms with Gasteiger partial charge in [0.2, 0.25) is 0 Å². The number of carboxylic acid groups (broad SMARTS) is 1. The van der Waals surface area contributed by atoms with Gasteiger partial charge in [-0.3, -0.25) is 0 Å². The first kappa shape index (κ1) is 10.3. The third kappa shape index (κ3) is 2.62. The van der Waals surface area contributed by atoms with Crippen molar-refractivity contribution < 1.29 is 9.90 Å². The van der Waals surface area contributed by atoms with Crippen molar-refractivity contribution in [2.45, 2.75) is 13.3 Å². The topological polar surface area (TPSA) is 63.3 Å². The highest BCUT2D eigenvalue weighted by Gasteiger charge is 2.03. The van der Waals surface area contributed by atoms with Crippen LogP contribution in [0.5, 0.6) is 0 Å². The Morgan fingerprint density at radius 1 is 1.57 bits per heavy atom. The van der Waals surface area contributed by atoms with Crippen LogP contribution in [0.1, 0.15) is 18.9 Å². The van der Waals surface area contributed by atoms with Gasteiger partial charge in [0.25, 0.3) is 0 Å². The van der Waals surface area contributed by atoms with Crippen molar-refractivity contribution in [1.29, 1.82) is 0 Å². The largest absolute Gasteiger partial charge is 0.478 e. The van der Waals surface area contributed by atoms with Gasteiger partial charge in [0.1, 0.15) is 0 Å². The molecule has 0 unspecified atom stereocenters. The lowest BCUT2D eigenvalue weighted by atomic mass is 10.1. The zero-order chi connectivity index (χ0) is 10.6. The van der Waals surface area contributed by atoms with Crippen LogP contribution < -0.4 is 5.73 Å². The van der Waals surface area contributed by atoms with Crippen molar-refractivity contribution in [2.24, 2.45) is 0 Å². The number of hydrogen-bond acceptors (Lipinski definition) is 2. The predicted molar refractivity (Wildman–Crippen MR) is 56.8 cm³/mol. The standard InChI is InChI=1S/C11H13NO2/c1-2-9(11(13)14)6-8-4-3-5-10(12)7-8/h3-7H,2,12H2,1H3,(H,13,14)/b9-6-. The Bertz CT molecular complexity index is 369. The molecule has 0 aliphatic rings. The average Bonchev–Trinajstić information content (AvgIpc) is 2.14. The van der Waals surface area contributed by atoms with E-state index >= 15 is 0 Å². The molecule has 0 radical (unpaired) electrons. The molecule has 0 bridgehead atoms. The highest BCUT2D eigenvalue weighted by atomic mass is 16.4. The van der Waals surface area contributed by atoms with Crippen LogP contribution in [0.4, 0.5) is 5.69 Å². The van der Waals surface area contributed by atoms with Gasteiger partial charge in [0, 0.05) is 11.3 Å². The van der Waals surface area contributed by atoms with Crippen molar-refractivity contribution in [2.75, 3.05) is 5.73 Å². The van der Waals surface area contributed by atoms with E-state index in [2.05, 4.69) is 0 Å². The molecule has 1 rings (SSSR count). The molecule has 0 saturated carbocycles. The monoisotopic (exact) mass is 191 g/mol. The molecule has 0 amide bonds. The molecule has 0 aliphatic heterocycles. The van der Waals surface area contributed by atoms with E-state index in [4.69, 9.17) is 10.8 Å². The summed E-state index contributed by atoms with van der Waals surface area (Å²) in [6.07, 6.45) is 2.14. The molecule has 74 valence electrons. The second-order valence-electron chi connectivity index (χ2n) is 3.00. The van der Waals surface area contributed by atoms with Gasteiger partial charge < -0.3 is 10.8 Å². The quantitative estimate of drug-likeness (QED) is 0.568. The number of carbonyl (C=O) groups is 1. The predicted octanol–water partition coefficient (Wildman–Crippen LogP) is 2.15. The number of rotatable bonds is 3. The first-order valence-corrected chi connectivity index (χ1v) is 4.43. The van der Waals surface area contributed by atoms with Crippen LogP contribution in [0.2, 0.25) is 0 Å². The molecule has 3 heteroatoms. The normalized spacial score (nSPS) is 11.4. The lowest BCUT2D eigenvalue weighted by molar-refractivity contribution is -0.132. The Kier molecular flexibility index (Phi) is 3.29. The van der Waals surface area contributed by atoms with Crippen LogP contribution in [0.3, 0.4) is 0 Å². The number of benzene rings is 1. The summed E-state index contributed by atoms with van der Waals surface area (Å²) in [6, 6.07) is 7.15. The minimum Gasteiger partial charge on any atom is -0.478 e. The minimum absolute atomic E-state index is 0.385. The highest BCUT2D eigenvalue weighted by molar-refractivity contribution is 5.92. The summed E-state index contributed by atoms with van der Waals surface area (Å²) in [5.74, 6) is -0.880. The van der Waals surface area contributed by atoms with Crippen molar-refractivity contribution in [3.63, 3.8) is 0 Å². The molecule has 0 aromatic heterocycles. The minimum atomic E-state index is -0.880. The molecule has 3 nitrogen and oxygen atoms in total. The fourth-order valence-electron chi connectivity index (χ4n) is 1.16. The summed E-state index contributed by atoms with van der Waals surface area (Å²) in [6.45, 7) is 1.81. The summed E-state index contributed by atoms with van der Waals surface area (Å²) in [4.78, 5) is 10.7. The van der Waals surface area contributed by atoms with Gasteiger partial charge in [0.15, 0.2) is 0 Å². The Balaban J connectivity index is 3.00. The maximum Gasteiger partial charge on any atom is 0.331 e. The number of nitrogen functional groups attached to an aromatic ring is 1. The Hall–Kier alpha value is -1.77. The van der Waals surface area contributed by atoms with Gasteiger partial charge in [-0.05, 0) is 30.2 Å². The molecule has 0 saturated heterocycles. The number of nitrogens with two attached hydrogens (primary N) is 1. The van der Waals surface area contributed by atoms with E-state index in [1.54, 1.807) is 24.3 Å². The van der Waals surface area contributed by atoms with Crippen LogP contribution in [0.15, 0.2) is 29.8 Å².